The van der Waals surface area contributed by atoms with Gasteiger partial charge in [-0.15, -0.1) is 0 Å². The Labute approximate surface area is 108 Å². The van der Waals surface area contributed by atoms with Crippen LogP contribution in [0.15, 0.2) is 24.3 Å². The van der Waals surface area contributed by atoms with E-state index in [2.05, 4.69) is 0 Å². The van der Waals surface area contributed by atoms with Gasteiger partial charge in [0.15, 0.2) is 6.61 Å². The first kappa shape index (κ1) is 13.0. The number of hydrogen-bond acceptors (Lipinski definition) is 5. The molecule has 1 aromatic carbocycles. The third kappa shape index (κ3) is 2.89. The van der Waals surface area contributed by atoms with Gasteiger partial charge in [0.2, 0.25) is 0 Å². The largest absolute Gasteiger partial charge is 0.480 e. The molecular weight excluding hydrogens is 254 g/mol. The number of benzene rings is 1. The van der Waals surface area contributed by atoms with Crippen LogP contribution in [0.3, 0.4) is 0 Å². The van der Waals surface area contributed by atoms with Crippen LogP contribution in [0.25, 0.3) is 0 Å². The smallest absolute Gasteiger partial charge is 0.341 e. The maximum atomic E-state index is 11.7. The number of rotatable bonds is 4. The number of hydrogen-bond donors (Lipinski definition) is 1. The number of aliphatic carboxylic acids is 1. The highest BCUT2D eigenvalue weighted by atomic mass is 16.5. The summed E-state index contributed by atoms with van der Waals surface area (Å²) in [5.41, 5.74) is 0.224. The first-order valence-electron chi connectivity index (χ1n) is 5.46. The van der Waals surface area contributed by atoms with Crippen LogP contribution in [-0.4, -0.2) is 42.7 Å². The molecule has 0 radical (unpaired) electrons. The van der Waals surface area contributed by atoms with Crippen LogP contribution in [-0.2, 0) is 19.1 Å². The minimum absolute atomic E-state index is 0.161. The van der Waals surface area contributed by atoms with Crippen LogP contribution in [0, 0.1) is 0 Å². The Morgan fingerprint density at radius 2 is 1.89 bits per heavy atom. The lowest BCUT2D eigenvalue weighted by Crippen LogP contribution is -2.46. The van der Waals surface area contributed by atoms with E-state index in [0.29, 0.717) is 0 Å². The van der Waals surface area contributed by atoms with Gasteiger partial charge in [0.25, 0.3) is 11.8 Å². The van der Waals surface area contributed by atoms with Crippen molar-refractivity contribution in [1.29, 1.82) is 0 Å². The van der Waals surface area contributed by atoms with E-state index < -0.39 is 24.4 Å². The summed E-state index contributed by atoms with van der Waals surface area (Å²) >= 11 is 0. The maximum Gasteiger partial charge on any atom is 0.341 e. The Morgan fingerprint density at radius 3 is 2.53 bits per heavy atom. The fourth-order valence-corrected chi connectivity index (χ4v) is 1.67. The summed E-state index contributed by atoms with van der Waals surface area (Å²) in [6.07, 6.45) is 0. The van der Waals surface area contributed by atoms with E-state index >= 15 is 0 Å². The van der Waals surface area contributed by atoms with Crippen molar-refractivity contribution in [2.75, 3.05) is 24.7 Å². The van der Waals surface area contributed by atoms with Gasteiger partial charge in [-0.3, -0.25) is 9.59 Å². The van der Waals surface area contributed by atoms with E-state index in [1.165, 1.54) is 12.1 Å². The van der Waals surface area contributed by atoms with E-state index in [1.807, 2.05) is 0 Å². The summed E-state index contributed by atoms with van der Waals surface area (Å²) in [7, 11) is 0. The molecule has 1 saturated heterocycles. The Kier molecular flexibility index (Phi) is 3.76. The molecule has 0 atom stereocenters. The van der Waals surface area contributed by atoms with Gasteiger partial charge in [0.1, 0.15) is 19.0 Å². The first-order chi connectivity index (χ1) is 9.09. The van der Waals surface area contributed by atoms with Crippen LogP contribution in [0.4, 0.5) is 5.69 Å². The standard InChI is InChI=1S/C12H11NO6/c14-10-5-18-6-11(15)13(10)8-3-1-2-4-9(8)19-7-12(16)17/h1-4H,5-7H2,(H,16,17). The molecule has 2 amide bonds. The van der Waals surface area contributed by atoms with Crippen LogP contribution < -0.4 is 9.64 Å². The second-order valence-corrected chi connectivity index (χ2v) is 3.77. The summed E-state index contributed by atoms with van der Waals surface area (Å²) in [6.45, 7) is -0.943. The molecule has 7 heteroatoms. The summed E-state index contributed by atoms with van der Waals surface area (Å²) in [6, 6.07) is 6.25. The average Bonchev–Trinajstić information content (AvgIpc) is 2.37. The zero-order chi connectivity index (χ0) is 13.8. The number of morpholine rings is 1. The molecule has 0 saturated carbocycles. The Balaban J connectivity index is 2.30. The van der Waals surface area contributed by atoms with E-state index in [1.54, 1.807) is 12.1 Å². The molecule has 0 aromatic heterocycles. The van der Waals surface area contributed by atoms with Gasteiger partial charge in [-0.2, -0.15) is 0 Å². The predicted molar refractivity (Wildman–Crippen MR) is 62.9 cm³/mol. The minimum atomic E-state index is -1.14. The van der Waals surface area contributed by atoms with Gasteiger partial charge in [-0.25, -0.2) is 9.69 Å². The van der Waals surface area contributed by atoms with E-state index in [0.717, 1.165) is 4.90 Å². The van der Waals surface area contributed by atoms with Crippen molar-refractivity contribution in [1.82, 2.24) is 0 Å². The van der Waals surface area contributed by atoms with Crippen molar-refractivity contribution >= 4 is 23.5 Å². The van der Waals surface area contributed by atoms with E-state index in [9.17, 15) is 14.4 Å². The highest BCUT2D eigenvalue weighted by Gasteiger charge is 2.30. The second-order valence-electron chi connectivity index (χ2n) is 3.77. The molecule has 1 N–H and O–H groups in total. The van der Waals surface area contributed by atoms with Crippen LogP contribution in [0.2, 0.25) is 0 Å². The van der Waals surface area contributed by atoms with Gasteiger partial charge in [0.05, 0.1) is 5.69 Å². The van der Waals surface area contributed by atoms with Crippen LogP contribution >= 0.6 is 0 Å². The molecule has 0 aliphatic carbocycles. The molecule has 19 heavy (non-hydrogen) atoms. The normalized spacial score (nSPS) is 15.5. The highest BCUT2D eigenvalue weighted by Crippen LogP contribution is 2.29. The molecule has 0 bridgehead atoms. The molecule has 1 aliphatic rings. The molecule has 1 fully saturated rings. The molecule has 7 nitrogen and oxygen atoms in total. The number of nitrogens with zero attached hydrogens (tertiary/aromatic N) is 1. The average molecular weight is 265 g/mol. The molecule has 0 spiro atoms. The topological polar surface area (TPSA) is 93.1 Å². The SMILES string of the molecule is O=C(O)COc1ccccc1N1C(=O)COCC1=O. The fourth-order valence-electron chi connectivity index (χ4n) is 1.67. The number of anilines is 1. The number of para-hydroxylation sites is 2. The van der Waals surface area contributed by atoms with Gasteiger partial charge in [-0.05, 0) is 12.1 Å². The third-order valence-electron chi connectivity index (χ3n) is 2.41. The first-order valence-corrected chi connectivity index (χ1v) is 5.46. The van der Waals surface area contributed by atoms with Crippen LogP contribution in [0.5, 0.6) is 5.75 Å². The number of amides is 2. The van der Waals surface area contributed by atoms with Gasteiger partial charge < -0.3 is 14.6 Å². The lowest BCUT2D eigenvalue weighted by molar-refractivity contribution is -0.139. The van der Waals surface area contributed by atoms with Gasteiger partial charge in [0, 0.05) is 0 Å². The van der Waals surface area contributed by atoms with E-state index in [-0.39, 0.29) is 24.7 Å². The number of carbonyl (C=O) groups is 3. The van der Waals surface area contributed by atoms with Crippen molar-refractivity contribution in [3.8, 4) is 5.75 Å². The Morgan fingerprint density at radius 1 is 1.26 bits per heavy atom. The van der Waals surface area contributed by atoms with Gasteiger partial charge >= 0.3 is 5.97 Å². The fraction of sp³-hybridized carbons (Fsp3) is 0.250. The molecule has 100 valence electrons. The monoisotopic (exact) mass is 265 g/mol. The molecule has 1 aliphatic heterocycles. The molecular formula is C12H11NO6. The molecule has 0 unspecified atom stereocenters. The third-order valence-corrected chi connectivity index (χ3v) is 2.41. The van der Waals surface area contributed by atoms with Crippen molar-refractivity contribution < 1.29 is 29.0 Å². The molecule has 1 heterocycles. The summed E-state index contributed by atoms with van der Waals surface area (Å²) in [4.78, 5) is 34.8. The zero-order valence-corrected chi connectivity index (χ0v) is 9.87. The predicted octanol–water partition coefficient (Wildman–Crippen LogP) is 0.0398. The summed E-state index contributed by atoms with van der Waals surface area (Å²) in [5, 5.41) is 8.59. The Bertz CT molecular complexity index is 511. The summed E-state index contributed by atoms with van der Waals surface area (Å²) in [5.74, 6) is -2.01. The Hall–Kier alpha value is -2.41. The number of ether oxygens (including phenoxy) is 2. The lowest BCUT2D eigenvalue weighted by Gasteiger charge is -2.26. The zero-order valence-electron chi connectivity index (χ0n) is 9.87. The van der Waals surface area contributed by atoms with Gasteiger partial charge in [-0.1, -0.05) is 12.1 Å². The lowest BCUT2D eigenvalue weighted by atomic mass is 10.2. The molecule has 1 aromatic rings. The van der Waals surface area contributed by atoms with Crippen molar-refractivity contribution in [2.24, 2.45) is 0 Å². The van der Waals surface area contributed by atoms with Crippen molar-refractivity contribution in [3.05, 3.63) is 24.3 Å². The quantitative estimate of drug-likeness (QED) is 0.772. The second kappa shape index (κ2) is 5.49. The number of imide groups is 1. The van der Waals surface area contributed by atoms with Crippen molar-refractivity contribution in [3.63, 3.8) is 0 Å². The number of carboxylic acids is 1. The van der Waals surface area contributed by atoms with E-state index in [4.69, 9.17) is 14.6 Å². The number of carbonyl (C=O) groups excluding carboxylic acids is 2. The highest BCUT2D eigenvalue weighted by molar-refractivity contribution is 6.17. The molecule has 2 rings (SSSR count). The minimum Gasteiger partial charge on any atom is -0.480 e. The van der Waals surface area contributed by atoms with Crippen LogP contribution in [0.1, 0.15) is 0 Å². The van der Waals surface area contributed by atoms with Crippen molar-refractivity contribution in [2.45, 2.75) is 0 Å². The number of carboxylic acid groups (broad SMARTS) is 1. The summed E-state index contributed by atoms with van der Waals surface area (Å²) < 4.78 is 9.87. The maximum absolute atomic E-state index is 11.7.